The summed E-state index contributed by atoms with van der Waals surface area (Å²) in [6, 6.07) is 0. The Hall–Kier alpha value is -0.153. The van der Waals surface area contributed by atoms with Crippen molar-refractivity contribution in [3.05, 3.63) is 0 Å². The summed E-state index contributed by atoms with van der Waals surface area (Å²) in [5.41, 5.74) is 0.453. The van der Waals surface area contributed by atoms with Crippen molar-refractivity contribution in [2.45, 2.75) is 77.6 Å². The van der Waals surface area contributed by atoms with E-state index >= 15 is 0 Å². The molecule has 0 aromatic rings. The zero-order valence-corrected chi connectivity index (χ0v) is 13.1. The Morgan fingerprint density at radius 2 is 1.65 bits per heavy atom. The number of aldehydes is 1. The third-order valence-corrected chi connectivity index (χ3v) is 4.80. The van der Waals surface area contributed by atoms with E-state index in [2.05, 4.69) is 33.5 Å². The molecule has 0 radical (unpaired) electrons. The van der Waals surface area contributed by atoms with Gasteiger partial charge in [-0.1, -0.05) is 13.8 Å². The van der Waals surface area contributed by atoms with E-state index in [1.165, 1.54) is 12.8 Å². The van der Waals surface area contributed by atoms with E-state index in [1.54, 1.807) is 0 Å². The zero-order valence-electron chi connectivity index (χ0n) is 12.1. The fourth-order valence-corrected chi connectivity index (χ4v) is 4.36. The van der Waals surface area contributed by atoms with Crippen LogP contribution in [-0.2, 0) is 9.22 Å². The van der Waals surface area contributed by atoms with Crippen LogP contribution in [-0.4, -0.2) is 20.2 Å². The molecule has 0 spiro atoms. The number of carbonyl (C=O) groups is 1. The highest BCUT2D eigenvalue weighted by molar-refractivity contribution is 6.69. The number of carbonyl (C=O) groups excluding carboxylic acids is 1. The first-order valence-electron chi connectivity index (χ1n) is 6.82. The zero-order chi connectivity index (χ0) is 13.2. The Morgan fingerprint density at radius 1 is 1.12 bits per heavy atom. The van der Waals surface area contributed by atoms with Crippen molar-refractivity contribution in [1.29, 1.82) is 0 Å². The third kappa shape index (κ3) is 4.92. The van der Waals surface area contributed by atoms with Crippen LogP contribution in [0.1, 0.15) is 52.4 Å². The molecule has 0 amide bonds. The van der Waals surface area contributed by atoms with Gasteiger partial charge in [-0.25, -0.2) is 0 Å². The Labute approximate surface area is 107 Å². The van der Waals surface area contributed by atoms with E-state index in [4.69, 9.17) is 4.43 Å². The minimum atomic E-state index is -1.53. The van der Waals surface area contributed by atoms with Gasteiger partial charge < -0.3 is 9.22 Å². The van der Waals surface area contributed by atoms with Crippen LogP contribution in [0, 0.1) is 5.41 Å². The molecule has 1 aliphatic rings. The maximum atomic E-state index is 10.6. The average molecular weight is 256 g/mol. The molecule has 0 aromatic heterocycles. The Bertz CT molecular complexity index is 256. The Balaban J connectivity index is 2.71. The van der Waals surface area contributed by atoms with Crippen molar-refractivity contribution in [3.8, 4) is 0 Å². The van der Waals surface area contributed by atoms with E-state index in [9.17, 15) is 4.79 Å². The third-order valence-electron chi connectivity index (χ3n) is 3.76. The van der Waals surface area contributed by atoms with E-state index in [1.807, 2.05) is 0 Å². The van der Waals surface area contributed by atoms with Gasteiger partial charge in [-0.2, -0.15) is 0 Å². The number of hydrogen-bond donors (Lipinski definition) is 0. The Kier molecular flexibility index (Phi) is 4.58. The average Bonchev–Trinajstić information content (AvgIpc) is 2.18. The van der Waals surface area contributed by atoms with Gasteiger partial charge in [0.25, 0.3) is 0 Å². The van der Waals surface area contributed by atoms with Crippen LogP contribution in [0.4, 0.5) is 0 Å². The SMILES string of the molecule is CC1(C)CCC(CCC=O)(O[Si](C)(C)C)CC1. The molecule has 0 saturated heterocycles. The molecular weight excluding hydrogens is 228 g/mol. The summed E-state index contributed by atoms with van der Waals surface area (Å²) in [6.45, 7) is 11.4. The van der Waals surface area contributed by atoms with E-state index in [-0.39, 0.29) is 5.60 Å². The lowest BCUT2D eigenvalue weighted by Crippen LogP contribution is -2.46. The Morgan fingerprint density at radius 3 is 2.06 bits per heavy atom. The standard InChI is InChI=1S/C14H28O2Si/c1-13(2)8-10-14(11-9-13,7-6-12-15)16-17(3,4)5/h12H,6-11H2,1-5H3. The molecule has 0 N–H and O–H groups in total. The van der Waals surface area contributed by atoms with Gasteiger partial charge in [0.05, 0.1) is 5.60 Å². The van der Waals surface area contributed by atoms with Gasteiger partial charge >= 0.3 is 0 Å². The maximum absolute atomic E-state index is 10.6. The number of hydrogen-bond acceptors (Lipinski definition) is 2. The van der Waals surface area contributed by atoms with E-state index < -0.39 is 8.32 Å². The van der Waals surface area contributed by atoms with E-state index in [0.717, 1.165) is 25.5 Å². The second-order valence-electron chi connectivity index (χ2n) is 7.27. The van der Waals surface area contributed by atoms with Gasteiger partial charge in [0.2, 0.25) is 0 Å². The smallest absolute Gasteiger partial charge is 0.184 e. The first-order chi connectivity index (χ1) is 7.68. The first kappa shape index (κ1) is 14.9. The largest absolute Gasteiger partial charge is 0.412 e. The molecule has 100 valence electrons. The molecule has 0 atom stereocenters. The maximum Gasteiger partial charge on any atom is 0.184 e. The molecule has 1 aliphatic carbocycles. The van der Waals surface area contributed by atoms with Gasteiger partial charge in [-0.15, -0.1) is 0 Å². The summed E-state index contributed by atoms with van der Waals surface area (Å²) in [6.07, 6.45) is 7.28. The lowest BCUT2D eigenvalue weighted by atomic mass is 9.70. The number of rotatable bonds is 5. The summed E-state index contributed by atoms with van der Waals surface area (Å²) in [5, 5.41) is 0. The second-order valence-corrected chi connectivity index (χ2v) is 11.7. The molecule has 0 bridgehead atoms. The summed E-state index contributed by atoms with van der Waals surface area (Å²) in [7, 11) is -1.53. The fraction of sp³-hybridized carbons (Fsp3) is 0.929. The molecule has 0 unspecified atom stereocenters. The fourth-order valence-electron chi connectivity index (χ4n) is 2.76. The highest BCUT2D eigenvalue weighted by atomic mass is 28.4. The van der Waals surface area contributed by atoms with Crippen LogP contribution < -0.4 is 0 Å². The van der Waals surface area contributed by atoms with Crippen LogP contribution in [0.15, 0.2) is 0 Å². The van der Waals surface area contributed by atoms with Crippen molar-refractivity contribution < 1.29 is 9.22 Å². The van der Waals surface area contributed by atoms with Gasteiger partial charge in [0, 0.05) is 6.42 Å². The molecule has 0 aromatic carbocycles. The molecule has 1 rings (SSSR count). The minimum Gasteiger partial charge on any atom is -0.412 e. The predicted molar refractivity (Wildman–Crippen MR) is 74.7 cm³/mol. The second kappa shape index (κ2) is 5.23. The highest BCUT2D eigenvalue weighted by Gasteiger charge is 2.41. The van der Waals surface area contributed by atoms with Crippen molar-refractivity contribution in [3.63, 3.8) is 0 Å². The summed E-state index contributed by atoms with van der Waals surface area (Å²) in [4.78, 5) is 10.6. The molecule has 0 aliphatic heterocycles. The van der Waals surface area contributed by atoms with Gasteiger partial charge in [0.15, 0.2) is 8.32 Å². The van der Waals surface area contributed by atoms with Crippen molar-refractivity contribution >= 4 is 14.6 Å². The van der Waals surface area contributed by atoms with Crippen LogP contribution in [0.3, 0.4) is 0 Å². The quantitative estimate of drug-likeness (QED) is 0.545. The molecule has 3 heteroatoms. The van der Waals surface area contributed by atoms with Crippen molar-refractivity contribution in [2.75, 3.05) is 0 Å². The van der Waals surface area contributed by atoms with Gasteiger partial charge in [0.1, 0.15) is 6.29 Å². The molecule has 17 heavy (non-hydrogen) atoms. The van der Waals surface area contributed by atoms with Crippen molar-refractivity contribution in [1.82, 2.24) is 0 Å². The van der Waals surface area contributed by atoms with Gasteiger partial charge in [-0.05, 0) is 57.2 Å². The summed E-state index contributed by atoms with van der Waals surface area (Å²) < 4.78 is 6.44. The lowest BCUT2D eigenvalue weighted by molar-refractivity contribution is -0.109. The van der Waals surface area contributed by atoms with Gasteiger partial charge in [-0.3, -0.25) is 0 Å². The molecule has 2 nitrogen and oxygen atoms in total. The molecule has 1 fully saturated rings. The predicted octanol–water partition coefficient (Wildman–Crippen LogP) is 4.16. The first-order valence-corrected chi connectivity index (χ1v) is 10.2. The lowest BCUT2D eigenvalue weighted by Gasteiger charge is -2.46. The molecule has 0 heterocycles. The minimum absolute atomic E-state index is 0.000895. The normalized spacial score (nSPS) is 23.4. The van der Waals surface area contributed by atoms with Crippen LogP contribution in [0.25, 0.3) is 0 Å². The monoisotopic (exact) mass is 256 g/mol. The van der Waals surface area contributed by atoms with E-state index in [0.29, 0.717) is 11.8 Å². The van der Waals surface area contributed by atoms with Crippen LogP contribution in [0.5, 0.6) is 0 Å². The summed E-state index contributed by atoms with van der Waals surface area (Å²) >= 11 is 0. The van der Waals surface area contributed by atoms with Crippen LogP contribution in [0.2, 0.25) is 19.6 Å². The molecule has 1 saturated carbocycles. The topological polar surface area (TPSA) is 26.3 Å². The molecular formula is C14H28O2Si. The van der Waals surface area contributed by atoms with Crippen molar-refractivity contribution in [2.24, 2.45) is 5.41 Å². The highest BCUT2D eigenvalue weighted by Crippen LogP contribution is 2.45. The van der Waals surface area contributed by atoms with Crippen LogP contribution >= 0.6 is 0 Å². The summed E-state index contributed by atoms with van der Waals surface area (Å²) in [5.74, 6) is 0.